The smallest absolute Gasteiger partial charge is 0.228 e. The summed E-state index contributed by atoms with van der Waals surface area (Å²) in [6.07, 6.45) is 4.03. The lowest BCUT2D eigenvalue weighted by Crippen LogP contribution is -2.46. The first-order valence-corrected chi connectivity index (χ1v) is 7.12. The first-order chi connectivity index (χ1) is 8.51. The summed E-state index contributed by atoms with van der Waals surface area (Å²) in [6.45, 7) is 9.21. The van der Waals surface area contributed by atoms with E-state index in [4.69, 9.17) is 10.5 Å². The number of piperidine rings is 1. The summed E-state index contributed by atoms with van der Waals surface area (Å²) in [4.78, 5) is 14.3. The molecule has 1 fully saturated rings. The second-order valence-corrected chi connectivity index (χ2v) is 5.74. The molecule has 0 aromatic rings. The van der Waals surface area contributed by atoms with Crippen molar-refractivity contribution in [1.82, 2.24) is 4.90 Å². The molecule has 19 heavy (non-hydrogen) atoms. The van der Waals surface area contributed by atoms with Gasteiger partial charge in [0.1, 0.15) is 0 Å². The maximum absolute atomic E-state index is 12.3. The van der Waals surface area contributed by atoms with Gasteiger partial charge in [0.2, 0.25) is 5.91 Å². The number of carbonyl (C=O) groups excluding carboxylic acids is 1. The van der Waals surface area contributed by atoms with Crippen LogP contribution >= 0.6 is 12.4 Å². The molecule has 0 unspecified atom stereocenters. The predicted octanol–water partition coefficient (Wildman–Crippen LogP) is 2.20. The van der Waals surface area contributed by atoms with E-state index in [1.54, 1.807) is 0 Å². The van der Waals surface area contributed by atoms with E-state index in [-0.39, 0.29) is 23.7 Å². The van der Waals surface area contributed by atoms with Crippen LogP contribution < -0.4 is 5.73 Å². The Kier molecular flexibility index (Phi) is 8.62. The lowest BCUT2D eigenvalue weighted by atomic mass is 9.88. The average molecular weight is 293 g/mol. The monoisotopic (exact) mass is 292 g/mol. The molecule has 0 bridgehead atoms. The van der Waals surface area contributed by atoms with Gasteiger partial charge in [-0.15, -0.1) is 12.4 Å². The van der Waals surface area contributed by atoms with Crippen LogP contribution in [0.15, 0.2) is 0 Å². The number of carbonyl (C=O) groups is 1. The van der Waals surface area contributed by atoms with Gasteiger partial charge in [0.05, 0.1) is 6.10 Å². The number of rotatable bonds is 6. The van der Waals surface area contributed by atoms with E-state index >= 15 is 0 Å². The zero-order valence-corrected chi connectivity index (χ0v) is 13.3. The lowest BCUT2D eigenvalue weighted by molar-refractivity contribution is -0.143. The largest absolute Gasteiger partial charge is 0.378 e. The highest BCUT2D eigenvalue weighted by molar-refractivity contribution is 5.85. The van der Waals surface area contributed by atoms with Crippen LogP contribution in [0.4, 0.5) is 0 Å². The summed E-state index contributed by atoms with van der Waals surface area (Å²) in [6, 6.07) is 0. The summed E-state index contributed by atoms with van der Waals surface area (Å²) in [5, 5.41) is 0. The minimum absolute atomic E-state index is 0. The number of nitrogens with zero attached hydrogens (tertiary/aromatic N) is 1. The van der Waals surface area contributed by atoms with Crippen LogP contribution in [0.5, 0.6) is 0 Å². The normalized spacial score (nSPS) is 17.2. The van der Waals surface area contributed by atoms with Crippen LogP contribution in [-0.2, 0) is 9.53 Å². The van der Waals surface area contributed by atoms with Crippen LogP contribution in [0.3, 0.4) is 0 Å². The first kappa shape index (κ1) is 18.7. The summed E-state index contributed by atoms with van der Waals surface area (Å²) in [5.41, 5.74) is 5.21. The molecule has 0 saturated carbocycles. The lowest BCUT2D eigenvalue weighted by Gasteiger charge is -2.36. The number of halogens is 1. The van der Waals surface area contributed by atoms with Crippen molar-refractivity contribution in [1.29, 1.82) is 0 Å². The van der Waals surface area contributed by atoms with E-state index < -0.39 is 0 Å². The minimum Gasteiger partial charge on any atom is -0.378 e. The van der Waals surface area contributed by atoms with Gasteiger partial charge in [-0.1, -0.05) is 20.8 Å². The van der Waals surface area contributed by atoms with Crippen molar-refractivity contribution in [2.75, 3.05) is 26.2 Å². The number of likely N-dealkylation sites (tertiary alicyclic amines) is 1. The molecule has 0 radical (unpaired) electrons. The number of amides is 1. The standard InChI is InChI=1S/C14H28N2O2.ClH/c1-4-14(2,3)13(17)16-9-6-12(7-10-16)18-11-5-8-15;/h12H,4-11,15H2,1-3H3;1H. The molecular formula is C14H29ClN2O2. The molecule has 0 aliphatic carbocycles. The fraction of sp³-hybridized carbons (Fsp3) is 0.929. The molecule has 114 valence electrons. The Bertz CT molecular complexity index is 264. The van der Waals surface area contributed by atoms with E-state index in [0.29, 0.717) is 12.6 Å². The van der Waals surface area contributed by atoms with E-state index in [0.717, 1.165) is 45.4 Å². The van der Waals surface area contributed by atoms with Gasteiger partial charge in [-0.2, -0.15) is 0 Å². The molecule has 1 heterocycles. The molecule has 1 aliphatic rings. The van der Waals surface area contributed by atoms with Gasteiger partial charge in [-0.3, -0.25) is 4.79 Å². The Hall–Kier alpha value is -0.320. The van der Waals surface area contributed by atoms with Crippen molar-refractivity contribution in [3.05, 3.63) is 0 Å². The minimum atomic E-state index is -0.229. The molecule has 2 N–H and O–H groups in total. The summed E-state index contributed by atoms with van der Waals surface area (Å²) in [5.74, 6) is 0.283. The number of ether oxygens (including phenoxy) is 1. The first-order valence-electron chi connectivity index (χ1n) is 7.12. The van der Waals surface area contributed by atoms with Gasteiger partial charge in [-0.25, -0.2) is 0 Å². The average Bonchev–Trinajstić information content (AvgIpc) is 2.39. The van der Waals surface area contributed by atoms with Crippen molar-refractivity contribution in [2.45, 2.75) is 52.6 Å². The quantitative estimate of drug-likeness (QED) is 0.764. The Morgan fingerprint density at radius 1 is 1.37 bits per heavy atom. The van der Waals surface area contributed by atoms with E-state index in [2.05, 4.69) is 6.92 Å². The highest BCUT2D eigenvalue weighted by Gasteiger charge is 2.32. The molecule has 1 saturated heterocycles. The van der Waals surface area contributed by atoms with Gasteiger partial charge in [0.15, 0.2) is 0 Å². The molecule has 0 aromatic heterocycles. The molecule has 0 atom stereocenters. The molecule has 4 nitrogen and oxygen atoms in total. The number of hydrogen-bond acceptors (Lipinski definition) is 3. The van der Waals surface area contributed by atoms with Gasteiger partial charge < -0.3 is 15.4 Å². The predicted molar refractivity (Wildman–Crippen MR) is 80.5 cm³/mol. The third-order valence-electron chi connectivity index (χ3n) is 3.89. The van der Waals surface area contributed by atoms with Crippen LogP contribution in [0.25, 0.3) is 0 Å². The van der Waals surface area contributed by atoms with Crippen molar-refractivity contribution in [3.8, 4) is 0 Å². The second-order valence-electron chi connectivity index (χ2n) is 5.74. The van der Waals surface area contributed by atoms with Crippen molar-refractivity contribution in [3.63, 3.8) is 0 Å². The fourth-order valence-electron chi connectivity index (χ4n) is 2.14. The molecule has 1 rings (SSSR count). The molecular weight excluding hydrogens is 264 g/mol. The molecule has 0 aromatic carbocycles. The fourth-order valence-corrected chi connectivity index (χ4v) is 2.14. The maximum Gasteiger partial charge on any atom is 0.228 e. The maximum atomic E-state index is 12.3. The summed E-state index contributed by atoms with van der Waals surface area (Å²) < 4.78 is 5.75. The van der Waals surface area contributed by atoms with E-state index in [9.17, 15) is 4.79 Å². The SMILES string of the molecule is CCC(C)(C)C(=O)N1CCC(OCCCN)CC1.Cl. The summed E-state index contributed by atoms with van der Waals surface area (Å²) >= 11 is 0. The van der Waals surface area contributed by atoms with Crippen LogP contribution in [0.1, 0.15) is 46.5 Å². The van der Waals surface area contributed by atoms with Crippen LogP contribution in [0, 0.1) is 5.41 Å². The van der Waals surface area contributed by atoms with Crippen molar-refractivity contribution >= 4 is 18.3 Å². The Morgan fingerprint density at radius 2 is 1.95 bits per heavy atom. The zero-order chi connectivity index (χ0) is 13.6. The molecule has 1 aliphatic heterocycles. The third kappa shape index (κ3) is 5.67. The van der Waals surface area contributed by atoms with Gasteiger partial charge in [-0.05, 0) is 32.2 Å². The van der Waals surface area contributed by atoms with Crippen molar-refractivity contribution in [2.24, 2.45) is 11.1 Å². The van der Waals surface area contributed by atoms with Crippen molar-refractivity contribution < 1.29 is 9.53 Å². The molecule has 5 heteroatoms. The topological polar surface area (TPSA) is 55.6 Å². The molecule has 1 amide bonds. The third-order valence-corrected chi connectivity index (χ3v) is 3.89. The van der Waals surface area contributed by atoms with Gasteiger partial charge in [0, 0.05) is 25.1 Å². The van der Waals surface area contributed by atoms with Gasteiger partial charge in [0.25, 0.3) is 0 Å². The number of hydrogen-bond donors (Lipinski definition) is 1. The number of nitrogens with two attached hydrogens (primary N) is 1. The zero-order valence-electron chi connectivity index (χ0n) is 12.5. The van der Waals surface area contributed by atoms with E-state index in [1.165, 1.54) is 0 Å². The second kappa shape index (κ2) is 8.77. The Balaban J connectivity index is 0.00000324. The highest BCUT2D eigenvalue weighted by Crippen LogP contribution is 2.25. The van der Waals surface area contributed by atoms with Crippen LogP contribution in [0.2, 0.25) is 0 Å². The molecule has 0 spiro atoms. The van der Waals surface area contributed by atoms with Gasteiger partial charge >= 0.3 is 0 Å². The van der Waals surface area contributed by atoms with E-state index in [1.807, 2.05) is 18.7 Å². The van der Waals surface area contributed by atoms with Crippen LogP contribution in [-0.4, -0.2) is 43.2 Å². The summed E-state index contributed by atoms with van der Waals surface area (Å²) in [7, 11) is 0. The Morgan fingerprint density at radius 3 is 2.42 bits per heavy atom. The highest BCUT2D eigenvalue weighted by atomic mass is 35.5. The Labute approximate surface area is 123 Å².